The summed E-state index contributed by atoms with van der Waals surface area (Å²) in [6, 6.07) is 3.32. The number of hydrogen-bond donors (Lipinski definition) is 1. The lowest BCUT2D eigenvalue weighted by Gasteiger charge is -2.35. The number of pyridine rings is 1. The summed E-state index contributed by atoms with van der Waals surface area (Å²) in [5.41, 5.74) is -0.296. The Kier molecular flexibility index (Phi) is 4.77. The molecule has 128 valence electrons. The van der Waals surface area contributed by atoms with Crippen molar-refractivity contribution >= 4 is 5.71 Å². The van der Waals surface area contributed by atoms with Crippen molar-refractivity contribution in [2.24, 2.45) is 0 Å². The first-order valence-electron chi connectivity index (χ1n) is 7.74. The second-order valence-electron chi connectivity index (χ2n) is 6.61. The predicted molar refractivity (Wildman–Crippen MR) is 84.9 cm³/mol. The minimum absolute atomic E-state index is 0.280. The molecule has 2 rings (SSSR count). The predicted octanol–water partition coefficient (Wildman–Crippen LogP) is 2.33. The average molecular weight is 323 g/mol. The molecular formula is C16H25N3O4. The summed E-state index contributed by atoms with van der Waals surface area (Å²) < 4.78 is 12.1. The second-order valence-corrected chi connectivity index (χ2v) is 6.61. The van der Waals surface area contributed by atoms with Crippen molar-refractivity contribution in [1.82, 2.24) is 10.0 Å². The van der Waals surface area contributed by atoms with Crippen LogP contribution >= 0.6 is 0 Å². The molecule has 0 spiro atoms. The van der Waals surface area contributed by atoms with Gasteiger partial charge in [0.2, 0.25) is 5.71 Å². The molecule has 0 aliphatic carbocycles. The summed E-state index contributed by atoms with van der Waals surface area (Å²) in [7, 11) is 0. The van der Waals surface area contributed by atoms with Gasteiger partial charge in [0.15, 0.2) is 0 Å². The van der Waals surface area contributed by atoms with Gasteiger partial charge < -0.3 is 10.4 Å². The first-order chi connectivity index (χ1) is 10.6. The van der Waals surface area contributed by atoms with Gasteiger partial charge in [0, 0.05) is 6.20 Å². The number of hydrogen-bond acceptors (Lipinski definition) is 6. The minimum Gasteiger partial charge on any atom is -0.618 e. The highest BCUT2D eigenvalue weighted by Gasteiger charge is 2.66. The van der Waals surface area contributed by atoms with Gasteiger partial charge in [-0.1, -0.05) is 11.1 Å². The van der Waals surface area contributed by atoms with Crippen LogP contribution in [0, 0.1) is 5.21 Å². The molecule has 0 radical (unpaired) electrons. The molecule has 7 nitrogen and oxygen atoms in total. The fourth-order valence-electron chi connectivity index (χ4n) is 2.69. The molecule has 0 atom stereocenters. The van der Waals surface area contributed by atoms with Crippen molar-refractivity contribution < 1.29 is 19.4 Å². The Bertz CT molecular complexity index is 574. The Labute approximate surface area is 136 Å². The third-order valence-corrected chi connectivity index (χ3v) is 3.52. The highest BCUT2D eigenvalue weighted by molar-refractivity contribution is 6.02. The molecule has 1 aromatic rings. The number of ether oxygens (including phenoxy) is 2. The van der Waals surface area contributed by atoms with Crippen LogP contribution in [0.5, 0.6) is 0 Å². The van der Waals surface area contributed by atoms with E-state index in [9.17, 15) is 10.4 Å². The molecule has 1 aromatic heterocycles. The number of nitrogens with zero attached hydrogens (tertiary/aromatic N) is 3. The van der Waals surface area contributed by atoms with E-state index in [0.717, 1.165) is 5.06 Å². The Balaban J connectivity index is 2.65. The second kappa shape index (κ2) is 6.16. The molecule has 0 bridgehead atoms. The minimum atomic E-state index is -1.95. The molecule has 0 amide bonds. The van der Waals surface area contributed by atoms with Gasteiger partial charge in [0.05, 0.1) is 12.2 Å². The standard InChI is InChI=1S/C16H25N3O4/c1-11(2)22-16(23-12(3)4)18(20)14(15(5,6)19(16)21)13-9-7-8-10-17-13/h7-12,21H,1-6H3. The molecule has 0 aromatic carbocycles. The van der Waals surface area contributed by atoms with Crippen LogP contribution in [0.1, 0.15) is 47.2 Å². The van der Waals surface area contributed by atoms with Crippen molar-refractivity contribution in [3.63, 3.8) is 0 Å². The van der Waals surface area contributed by atoms with Gasteiger partial charge in [-0.2, -0.15) is 0 Å². The van der Waals surface area contributed by atoms with Gasteiger partial charge in [0.1, 0.15) is 11.2 Å². The van der Waals surface area contributed by atoms with Crippen molar-refractivity contribution in [3.8, 4) is 0 Å². The summed E-state index contributed by atoms with van der Waals surface area (Å²) in [6.45, 7) is 10.5. The molecule has 2 heterocycles. The maximum atomic E-state index is 13.1. The lowest BCUT2D eigenvalue weighted by Crippen LogP contribution is -2.60. The van der Waals surface area contributed by atoms with Crippen molar-refractivity contribution in [2.45, 2.75) is 65.3 Å². The Morgan fingerprint density at radius 3 is 2.17 bits per heavy atom. The smallest absolute Gasteiger partial charge is 0.493 e. The van der Waals surface area contributed by atoms with Crippen LogP contribution in [0.2, 0.25) is 0 Å². The van der Waals surface area contributed by atoms with Crippen LogP contribution in [0.15, 0.2) is 24.4 Å². The Morgan fingerprint density at radius 2 is 1.74 bits per heavy atom. The lowest BCUT2D eigenvalue weighted by atomic mass is 9.96. The average Bonchev–Trinajstić information content (AvgIpc) is 2.57. The van der Waals surface area contributed by atoms with E-state index in [4.69, 9.17) is 9.47 Å². The molecular weight excluding hydrogens is 298 g/mol. The van der Waals surface area contributed by atoms with Crippen LogP contribution in [-0.4, -0.2) is 49.5 Å². The molecule has 23 heavy (non-hydrogen) atoms. The van der Waals surface area contributed by atoms with Crippen LogP contribution in [-0.2, 0) is 9.47 Å². The molecule has 0 saturated carbocycles. The van der Waals surface area contributed by atoms with E-state index in [1.807, 2.05) is 0 Å². The van der Waals surface area contributed by atoms with Gasteiger partial charge in [-0.25, -0.2) is 0 Å². The van der Waals surface area contributed by atoms with Crippen LogP contribution < -0.4 is 0 Å². The fraction of sp³-hybridized carbons (Fsp3) is 0.625. The van der Waals surface area contributed by atoms with E-state index in [2.05, 4.69) is 4.98 Å². The maximum absolute atomic E-state index is 13.1. The van der Waals surface area contributed by atoms with Crippen molar-refractivity contribution in [1.29, 1.82) is 0 Å². The zero-order valence-corrected chi connectivity index (χ0v) is 14.5. The molecule has 0 unspecified atom stereocenters. The third-order valence-electron chi connectivity index (χ3n) is 3.52. The Morgan fingerprint density at radius 1 is 1.17 bits per heavy atom. The van der Waals surface area contributed by atoms with E-state index in [1.54, 1.807) is 65.9 Å². The van der Waals surface area contributed by atoms with Crippen LogP contribution in [0.4, 0.5) is 0 Å². The van der Waals surface area contributed by atoms with E-state index in [1.165, 1.54) is 0 Å². The normalized spacial score (nSPS) is 20.7. The highest BCUT2D eigenvalue weighted by atomic mass is 16.8. The van der Waals surface area contributed by atoms with Crippen LogP contribution in [0.25, 0.3) is 0 Å². The summed E-state index contributed by atoms with van der Waals surface area (Å²) >= 11 is 0. The quantitative estimate of drug-likeness (QED) is 0.509. The summed E-state index contributed by atoms with van der Waals surface area (Å²) in [4.78, 5) is 4.24. The van der Waals surface area contributed by atoms with Gasteiger partial charge in [-0.05, 0) is 53.7 Å². The number of aromatic nitrogens is 1. The van der Waals surface area contributed by atoms with Gasteiger partial charge in [0.25, 0.3) is 0 Å². The van der Waals surface area contributed by atoms with E-state index >= 15 is 0 Å². The maximum Gasteiger partial charge on any atom is 0.493 e. The van der Waals surface area contributed by atoms with Gasteiger partial charge >= 0.3 is 6.03 Å². The topological polar surface area (TPSA) is 80.9 Å². The van der Waals surface area contributed by atoms with Gasteiger partial charge in [-0.15, -0.1) is 4.74 Å². The van der Waals surface area contributed by atoms with Crippen molar-refractivity contribution in [2.75, 3.05) is 0 Å². The molecule has 0 saturated heterocycles. The van der Waals surface area contributed by atoms with Gasteiger partial charge in [-0.3, -0.25) is 14.5 Å². The highest BCUT2D eigenvalue weighted by Crippen LogP contribution is 2.38. The fourth-order valence-corrected chi connectivity index (χ4v) is 2.69. The summed E-state index contributed by atoms with van der Waals surface area (Å²) in [5.74, 6) is 0. The Hall–Kier alpha value is -1.54. The molecule has 1 aliphatic rings. The SMILES string of the molecule is CC(C)OC1(OC(C)C)N(O)C(C)(C)C(c2ccccn2)=[N+]1[O-]. The third kappa shape index (κ3) is 2.97. The largest absolute Gasteiger partial charge is 0.618 e. The first kappa shape index (κ1) is 17.8. The number of hydroxylamine groups is 3. The molecule has 7 heteroatoms. The summed E-state index contributed by atoms with van der Waals surface area (Å²) in [6.07, 6.45) is 0.929. The lowest BCUT2D eigenvalue weighted by molar-refractivity contribution is -0.729. The summed E-state index contributed by atoms with van der Waals surface area (Å²) in [5, 5.41) is 24.7. The molecule has 0 fully saturated rings. The molecule has 1 N–H and O–H groups in total. The first-order valence-corrected chi connectivity index (χ1v) is 7.74. The van der Waals surface area contributed by atoms with Crippen molar-refractivity contribution in [3.05, 3.63) is 35.3 Å². The zero-order chi connectivity index (χ0) is 17.4. The van der Waals surface area contributed by atoms with Crippen LogP contribution in [0.3, 0.4) is 0 Å². The zero-order valence-electron chi connectivity index (χ0n) is 14.5. The van der Waals surface area contributed by atoms with E-state index in [0.29, 0.717) is 10.4 Å². The monoisotopic (exact) mass is 323 g/mol. The molecule has 1 aliphatic heterocycles. The van der Waals surface area contributed by atoms with E-state index in [-0.39, 0.29) is 17.9 Å². The van der Waals surface area contributed by atoms with E-state index < -0.39 is 11.6 Å². The number of rotatable bonds is 5.